The van der Waals surface area contributed by atoms with Crippen LogP contribution in [0.15, 0.2) is 24.3 Å². The van der Waals surface area contributed by atoms with Gasteiger partial charge in [-0.25, -0.2) is 0 Å². The molecule has 17 heavy (non-hydrogen) atoms. The van der Waals surface area contributed by atoms with Crippen LogP contribution in [0.1, 0.15) is 18.4 Å². The number of halogens is 3. The first-order valence-electron chi connectivity index (χ1n) is 5.35. The van der Waals surface area contributed by atoms with Gasteiger partial charge in [-0.3, -0.25) is 4.79 Å². The standard InChI is InChI=1S/C12H12F3NO/c1-8-2-4-9(5-3-8)16-10(12(13,14)15)6-7-11(16)17/h2-5,10H,6-7H2,1H3. The maximum Gasteiger partial charge on any atom is 0.409 e. The largest absolute Gasteiger partial charge is 0.409 e. The summed E-state index contributed by atoms with van der Waals surface area (Å²) < 4.78 is 38.3. The number of carbonyl (C=O) groups is 1. The number of amides is 1. The first-order valence-corrected chi connectivity index (χ1v) is 5.35. The Balaban J connectivity index is 2.34. The fraction of sp³-hybridized carbons (Fsp3) is 0.417. The van der Waals surface area contributed by atoms with E-state index in [2.05, 4.69) is 0 Å². The molecule has 1 aliphatic rings. The van der Waals surface area contributed by atoms with Gasteiger partial charge in [-0.2, -0.15) is 13.2 Å². The zero-order valence-corrected chi connectivity index (χ0v) is 9.29. The second-order valence-electron chi connectivity index (χ2n) is 4.20. The first kappa shape index (κ1) is 12.0. The van der Waals surface area contributed by atoms with Crippen molar-refractivity contribution in [2.45, 2.75) is 32.0 Å². The molecule has 0 aliphatic carbocycles. The minimum Gasteiger partial charge on any atom is -0.300 e. The van der Waals surface area contributed by atoms with Crippen LogP contribution in [0.5, 0.6) is 0 Å². The minimum atomic E-state index is -4.36. The average molecular weight is 243 g/mol. The lowest BCUT2D eigenvalue weighted by atomic mass is 10.2. The highest BCUT2D eigenvalue weighted by Crippen LogP contribution is 2.36. The number of alkyl halides is 3. The van der Waals surface area contributed by atoms with Gasteiger partial charge in [0.15, 0.2) is 0 Å². The topological polar surface area (TPSA) is 20.3 Å². The van der Waals surface area contributed by atoms with Crippen LogP contribution < -0.4 is 4.90 Å². The van der Waals surface area contributed by atoms with Gasteiger partial charge in [-0.05, 0) is 25.5 Å². The summed E-state index contributed by atoms with van der Waals surface area (Å²) in [5, 5.41) is 0. The zero-order valence-electron chi connectivity index (χ0n) is 9.29. The summed E-state index contributed by atoms with van der Waals surface area (Å²) in [5.74, 6) is -0.462. The highest BCUT2D eigenvalue weighted by atomic mass is 19.4. The van der Waals surface area contributed by atoms with Crippen LogP contribution in [0.25, 0.3) is 0 Å². The number of carbonyl (C=O) groups excluding carboxylic acids is 1. The Kier molecular flexibility index (Phi) is 2.85. The van der Waals surface area contributed by atoms with E-state index in [0.717, 1.165) is 10.5 Å². The molecule has 0 N–H and O–H groups in total. The third-order valence-electron chi connectivity index (χ3n) is 2.90. The van der Waals surface area contributed by atoms with Gasteiger partial charge in [0.1, 0.15) is 6.04 Å². The fourth-order valence-corrected chi connectivity index (χ4v) is 2.02. The summed E-state index contributed by atoms with van der Waals surface area (Å²) in [6.45, 7) is 1.84. The lowest BCUT2D eigenvalue weighted by Crippen LogP contribution is -2.43. The molecular formula is C12H12F3NO. The van der Waals surface area contributed by atoms with Gasteiger partial charge in [0.25, 0.3) is 0 Å². The lowest BCUT2D eigenvalue weighted by Gasteiger charge is -2.26. The Morgan fingerprint density at radius 3 is 2.35 bits per heavy atom. The molecule has 1 amide bonds. The number of aryl methyl sites for hydroxylation is 1. The molecule has 1 heterocycles. The summed E-state index contributed by atoms with van der Waals surface area (Å²) in [5.41, 5.74) is 1.27. The predicted molar refractivity (Wildman–Crippen MR) is 57.7 cm³/mol. The molecule has 0 saturated carbocycles. The molecule has 92 valence electrons. The molecule has 5 heteroatoms. The molecule has 0 aromatic heterocycles. The quantitative estimate of drug-likeness (QED) is 0.742. The Morgan fingerprint density at radius 2 is 1.82 bits per heavy atom. The van der Waals surface area contributed by atoms with Gasteiger partial charge in [-0.15, -0.1) is 0 Å². The van der Waals surface area contributed by atoms with E-state index in [1.807, 2.05) is 6.92 Å². The third-order valence-corrected chi connectivity index (χ3v) is 2.90. The maximum atomic E-state index is 12.8. The van der Waals surface area contributed by atoms with Crippen LogP contribution in [-0.4, -0.2) is 18.1 Å². The molecule has 0 spiro atoms. The fourth-order valence-electron chi connectivity index (χ4n) is 2.02. The van der Waals surface area contributed by atoms with Crippen molar-refractivity contribution in [3.05, 3.63) is 29.8 Å². The number of hydrogen-bond donors (Lipinski definition) is 0. The van der Waals surface area contributed by atoms with Gasteiger partial charge in [0.2, 0.25) is 5.91 Å². The van der Waals surface area contributed by atoms with Gasteiger partial charge in [0, 0.05) is 12.1 Å². The number of anilines is 1. The monoisotopic (exact) mass is 243 g/mol. The van der Waals surface area contributed by atoms with Crippen molar-refractivity contribution in [1.82, 2.24) is 0 Å². The molecule has 1 aromatic carbocycles. The predicted octanol–water partition coefficient (Wildman–Crippen LogP) is 3.05. The maximum absolute atomic E-state index is 12.8. The molecule has 1 unspecified atom stereocenters. The summed E-state index contributed by atoms with van der Waals surface area (Å²) in [4.78, 5) is 12.4. The van der Waals surface area contributed by atoms with Crippen LogP contribution in [-0.2, 0) is 4.79 Å². The van der Waals surface area contributed by atoms with Crippen molar-refractivity contribution in [3.8, 4) is 0 Å². The number of nitrogens with zero attached hydrogens (tertiary/aromatic N) is 1. The molecule has 1 aliphatic heterocycles. The van der Waals surface area contributed by atoms with Crippen molar-refractivity contribution in [3.63, 3.8) is 0 Å². The number of rotatable bonds is 1. The SMILES string of the molecule is Cc1ccc(N2C(=O)CCC2C(F)(F)F)cc1. The molecule has 1 atom stereocenters. The number of hydrogen-bond acceptors (Lipinski definition) is 1. The molecule has 1 saturated heterocycles. The van der Waals surface area contributed by atoms with E-state index in [-0.39, 0.29) is 12.8 Å². The Morgan fingerprint density at radius 1 is 1.24 bits per heavy atom. The molecular weight excluding hydrogens is 231 g/mol. The van der Waals surface area contributed by atoms with Crippen molar-refractivity contribution >= 4 is 11.6 Å². The van der Waals surface area contributed by atoms with Crippen molar-refractivity contribution in [2.75, 3.05) is 4.90 Å². The zero-order chi connectivity index (χ0) is 12.6. The van der Waals surface area contributed by atoms with Crippen LogP contribution in [0, 0.1) is 6.92 Å². The van der Waals surface area contributed by atoms with E-state index in [0.29, 0.717) is 5.69 Å². The van der Waals surface area contributed by atoms with Crippen LogP contribution in [0.4, 0.5) is 18.9 Å². The molecule has 0 radical (unpaired) electrons. The highest BCUT2D eigenvalue weighted by Gasteiger charge is 2.49. The van der Waals surface area contributed by atoms with E-state index in [1.165, 1.54) is 0 Å². The first-order chi connectivity index (χ1) is 7.89. The van der Waals surface area contributed by atoms with Gasteiger partial charge >= 0.3 is 6.18 Å². The average Bonchev–Trinajstić information content (AvgIpc) is 2.61. The van der Waals surface area contributed by atoms with E-state index >= 15 is 0 Å². The lowest BCUT2D eigenvalue weighted by molar-refractivity contribution is -0.148. The highest BCUT2D eigenvalue weighted by molar-refractivity contribution is 5.96. The third kappa shape index (κ3) is 2.28. The van der Waals surface area contributed by atoms with Crippen molar-refractivity contribution in [2.24, 2.45) is 0 Å². The van der Waals surface area contributed by atoms with Crippen molar-refractivity contribution < 1.29 is 18.0 Å². The Hall–Kier alpha value is -1.52. The second-order valence-corrected chi connectivity index (χ2v) is 4.20. The van der Waals surface area contributed by atoms with E-state index in [9.17, 15) is 18.0 Å². The van der Waals surface area contributed by atoms with E-state index in [4.69, 9.17) is 0 Å². The molecule has 1 aromatic rings. The Labute approximate surface area is 97.0 Å². The van der Waals surface area contributed by atoms with Gasteiger partial charge in [0.05, 0.1) is 0 Å². The minimum absolute atomic E-state index is 0.0436. The normalized spacial score (nSPS) is 21.1. The summed E-state index contributed by atoms with van der Waals surface area (Å²) in [7, 11) is 0. The second kappa shape index (κ2) is 4.05. The Bertz CT molecular complexity index is 424. The van der Waals surface area contributed by atoms with Gasteiger partial charge < -0.3 is 4.90 Å². The van der Waals surface area contributed by atoms with Crippen LogP contribution in [0.3, 0.4) is 0 Å². The van der Waals surface area contributed by atoms with Crippen molar-refractivity contribution in [1.29, 1.82) is 0 Å². The summed E-state index contributed by atoms with van der Waals surface area (Å²) >= 11 is 0. The van der Waals surface area contributed by atoms with Gasteiger partial charge in [-0.1, -0.05) is 17.7 Å². The van der Waals surface area contributed by atoms with E-state index < -0.39 is 18.1 Å². The van der Waals surface area contributed by atoms with Crippen LogP contribution >= 0.6 is 0 Å². The molecule has 2 rings (SSSR count). The van der Waals surface area contributed by atoms with Crippen LogP contribution in [0.2, 0.25) is 0 Å². The van der Waals surface area contributed by atoms with E-state index in [1.54, 1.807) is 24.3 Å². The summed E-state index contributed by atoms with van der Waals surface area (Å²) in [6.07, 6.45) is -4.56. The molecule has 0 bridgehead atoms. The molecule has 1 fully saturated rings. The number of benzene rings is 1. The molecule has 2 nitrogen and oxygen atoms in total. The smallest absolute Gasteiger partial charge is 0.300 e. The summed E-state index contributed by atoms with van der Waals surface area (Å²) in [6, 6.07) is 4.83.